The van der Waals surface area contributed by atoms with Gasteiger partial charge in [-0.15, -0.1) is 11.3 Å². The standard InChI is InChI=1S/C15H19ClN2S/c1-3-10-4-6-11(7-5-10)14-17-13(16)12-8-9(2)19-15(12)18-14/h8,10-11H,3-7H2,1-2H3. The molecule has 19 heavy (non-hydrogen) atoms. The molecule has 2 aromatic rings. The number of fused-ring (bicyclic) bond motifs is 1. The number of aromatic nitrogens is 2. The molecule has 0 atom stereocenters. The first-order valence-electron chi connectivity index (χ1n) is 7.11. The lowest BCUT2D eigenvalue weighted by atomic mass is 9.80. The number of thiophene rings is 1. The molecule has 1 aliphatic rings. The van der Waals surface area contributed by atoms with Gasteiger partial charge in [0.25, 0.3) is 0 Å². The summed E-state index contributed by atoms with van der Waals surface area (Å²) in [5.74, 6) is 2.38. The van der Waals surface area contributed by atoms with Crippen LogP contribution >= 0.6 is 22.9 Å². The SMILES string of the molecule is CCC1CCC(c2nc(Cl)c3cc(C)sc3n2)CC1. The van der Waals surface area contributed by atoms with E-state index in [0.717, 1.165) is 22.0 Å². The maximum atomic E-state index is 6.31. The molecule has 2 aromatic heterocycles. The van der Waals surface area contributed by atoms with E-state index < -0.39 is 0 Å². The lowest BCUT2D eigenvalue weighted by Gasteiger charge is -2.26. The molecule has 0 saturated heterocycles. The molecular weight excluding hydrogens is 276 g/mol. The molecule has 2 heterocycles. The van der Waals surface area contributed by atoms with Crippen LogP contribution in [0.1, 0.15) is 55.6 Å². The Labute approximate surface area is 123 Å². The molecule has 1 aliphatic carbocycles. The van der Waals surface area contributed by atoms with Crippen molar-refractivity contribution in [1.82, 2.24) is 9.97 Å². The van der Waals surface area contributed by atoms with Gasteiger partial charge in [0.15, 0.2) is 0 Å². The molecule has 102 valence electrons. The Morgan fingerprint density at radius 3 is 2.68 bits per heavy atom. The molecule has 2 nitrogen and oxygen atoms in total. The molecule has 1 saturated carbocycles. The summed E-state index contributed by atoms with van der Waals surface area (Å²) in [4.78, 5) is 11.6. The molecule has 0 aromatic carbocycles. The Kier molecular flexibility index (Phi) is 3.77. The van der Waals surface area contributed by atoms with Crippen LogP contribution in [-0.2, 0) is 0 Å². The van der Waals surface area contributed by atoms with Gasteiger partial charge in [-0.1, -0.05) is 24.9 Å². The van der Waals surface area contributed by atoms with Crippen molar-refractivity contribution in [2.75, 3.05) is 0 Å². The van der Waals surface area contributed by atoms with E-state index in [2.05, 4.69) is 24.9 Å². The van der Waals surface area contributed by atoms with Crippen molar-refractivity contribution in [3.05, 3.63) is 21.9 Å². The van der Waals surface area contributed by atoms with Crippen LogP contribution in [0, 0.1) is 12.8 Å². The monoisotopic (exact) mass is 294 g/mol. The Morgan fingerprint density at radius 2 is 2.00 bits per heavy atom. The summed E-state index contributed by atoms with van der Waals surface area (Å²) >= 11 is 8.02. The molecule has 0 N–H and O–H groups in total. The van der Waals surface area contributed by atoms with Crippen molar-refractivity contribution in [1.29, 1.82) is 0 Å². The van der Waals surface area contributed by atoms with E-state index in [-0.39, 0.29) is 0 Å². The average molecular weight is 295 g/mol. The average Bonchev–Trinajstić information content (AvgIpc) is 2.80. The lowest BCUT2D eigenvalue weighted by Crippen LogP contribution is -2.14. The second-order valence-corrected chi connectivity index (χ2v) is 7.17. The Hall–Kier alpha value is -0.670. The molecular formula is C15H19ClN2S. The van der Waals surface area contributed by atoms with Gasteiger partial charge in [-0.25, -0.2) is 9.97 Å². The van der Waals surface area contributed by atoms with Crippen molar-refractivity contribution in [2.45, 2.75) is 51.9 Å². The van der Waals surface area contributed by atoms with Crippen molar-refractivity contribution in [3.8, 4) is 0 Å². The summed E-state index contributed by atoms with van der Waals surface area (Å²) in [5, 5.41) is 1.64. The summed E-state index contributed by atoms with van der Waals surface area (Å²) < 4.78 is 0. The van der Waals surface area contributed by atoms with E-state index in [4.69, 9.17) is 16.6 Å². The van der Waals surface area contributed by atoms with E-state index in [1.165, 1.54) is 37.0 Å². The third-order valence-electron chi connectivity index (χ3n) is 4.28. The van der Waals surface area contributed by atoms with Gasteiger partial charge in [-0.2, -0.15) is 0 Å². The highest BCUT2D eigenvalue weighted by molar-refractivity contribution is 7.18. The number of halogens is 1. The smallest absolute Gasteiger partial charge is 0.141 e. The van der Waals surface area contributed by atoms with Gasteiger partial charge in [0.1, 0.15) is 15.8 Å². The fourth-order valence-electron chi connectivity index (χ4n) is 3.03. The Balaban J connectivity index is 1.89. The summed E-state index contributed by atoms with van der Waals surface area (Å²) in [6, 6.07) is 2.08. The zero-order valence-electron chi connectivity index (χ0n) is 11.4. The zero-order chi connectivity index (χ0) is 13.4. The van der Waals surface area contributed by atoms with Gasteiger partial charge >= 0.3 is 0 Å². The number of nitrogens with zero attached hydrogens (tertiary/aromatic N) is 2. The maximum Gasteiger partial charge on any atom is 0.141 e. The molecule has 0 bridgehead atoms. The van der Waals surface area contributed by atoms with Crippen molar-refractivity contribution >= 4 is 33.2 Å². The first kappa shape index (κ1) is 13.3. The molecule has 0 radical (unpaired) electrons. The van der Waals surface area contributed by atoms with Gasteiger partial charge in [0.2, 0.25) is 0 Å². The minimum Gasteiger partial charge on any atom is -0.222 e. The van der Waals surface area contributed by atoms with Gasteiger partial charge in [0.05, 0.1) is 0 Å². The third-order valence-corrected chi connectivity index (χ3v) is 5.51. The van der Waals surface area contributed by atoms with Gasteiger partial charge < -0.3 is 0 Å². The summed E-state index contributed by atoms with van der Waals surface area (Å²) in [6.07, 6.45) is 6.35. The van der Waals surface area contributed by atoms with Crippen LogP contribution in [-0.4, -0.2) is 9.97 Å². The minimum atomic E-state index is 0.507. The Morgan fingerprint density at radius 1 is 1.26 bits per heavy atom. The first-order valence-corrected chi connectivity index (χ1v) is 8.30. The van der Waals surface area contributed by atoms with Crippen molar-refractivity contribution in [2.24, 2.45) is 5.92 Å². The predicted molar refractivity (Wildman–Crippen MR) is 82.2 cm³/mol. The van der Waals surface area contributed by atoms with E-state index >= 15 is 0 Å². The van der Waals surface area contributed by atoms with Gasteiger partial charge in [-0.05, 0) is 44.6 Å². The highest BCUT2D eigenvalue weighted by Gasteiger charge is 2.24. The zero-order valence-corrected chi connectivity index (χ0v) is 13.0. The Bertz CT molecular complexity index is 585. The van der Waals surface area contributed by atoms with Crippen molar-refractivity contribution in [3.63, 3.8) is 0 Å². The number of rotatable bonds is 2. The molecule has 1 fully saturated rings. The summed E-state index contributed by atoms with van der Waals surface area (Å²) in [5.41, 5.74) is 0. The van der Waals surface area contributed by atoms with Crippen LogP contribution in [0.5, 0.6) is 0 Å². The van der Waals surface area contributed by atoms with E-state index in [1.807, 2.05) is 0 Å². The first-order chi connectivity index (χ1) is 9.17. The van der Waals surface area contributed by atoms with Gasteiger partial charge in [0, 0.05) is 16.2 Å². The largest absolute Gasteiger partial charge is 0.222 e. The molecule has 4 heteroatoms. The second-order valence-electron chi connectivity index (χ2n) is 5.57. The highest BCUT2D eigenvalue weighted by Crippen LogP contribution is 2.37. The van der Waals surface area contributed by atoms with Crippen molar-refractivity contribution < 1.29 is 0 Å². The maximum absolute atomic E-state index is 6.31. The topological polar surface area (TPSA) is 25.8 Å². The molecule has 3 rings (SSSR count). The van der Waals surface area contributed by atoms with E-state index in [1.54, 1.807) is 11.3 Å². The fourth-order valence-corrected chi connectivity index (χ4v) is 4.21. The highest BCUT2D eigenvalue weighted by atomic mass is 35.5. The molecule has 0 unspecified atom stereocenters. The van der Waals surface area contributed by atoms with Crippen LogP contribution in [0.2, 0.25) is 5.15 Å². The lowest BCUT2D eigenvalue weighted by molar-refractivity contribution is 0.312. The summed E-state index contributed by atoms with van der Waals surface area (Å²) in [7, 11) is 0. The van der Waals surface area contributed by atoms with Crippen LogP contribution in [0.25, 0.3) is 10.2 Å². The number of hydrogen-bond donors (Lipinski definition) is 0. The third kappa shape index (κ3) is 2.63. The molecule has 0 spiro atoms. The van der Waals surface area contributed by atoms with Gasteiger partial charge in [-0.3, -0.25) is 0 Å². The normalized spacial score (nSPS) is 23.9. The van der Waals surface area contributed by atoms with Crippen LogP contribution in [0.4, 0.5) is 0 Å². The van der Waals surface area contributed by atoms with Crippen LogP contribution in [0.3, 0.4) is 0 Å². The van der Waals surface area contributed by atoms with E-state index in [9.17, 15) is 0 Å². The predicted octanol–water partition coefficient (Wildman–Crippen LogP) is 5.34. The van der Waals surface area contributed by atoms with Crippen LogP contribution in [0.15, 0.2) is 6.07 Å². The fraction of sp³-hybridized carbons (Fsp3) is 0.600. The quantitative estimate of drug-likeness (QED) is 0.699. The molecule has 0 aliphatic heterocycles. The van der Waals surface area contributed by atoms with E-state index in [0.29, 0.717) is 11.1 Å². The summed E-state index contributed by atoms with van der Waals surface area (Å²) in [6.45, 7) is 4.38. The number of hydrogen-bond acceptors (Lipinski definition) is 3. The minimum absolute atomic E-state index is 0.507. The van der Waals surface area contributed by atoms with Crippen LogP contribution < -0.4 is 0 Å². The second kappa shape index (κ2) is 5.37. The number of aryl methyl sites for hydroxylation is 1. The molecule has 0 amide bonds.